The van der Waals surface area contributed by atoms with Crippen LogP contribution in [0.25, 0.3) is 0 Å². The van der Waals surface area contributed by atoms with Gasteiger partial charge in [0.05, 0.1) is 0 Å². The summed E-state index contributed by atoms with van der Waals surface area (Å²) in [6.07, 6.45) is 5.53. The van der Waals surface area contributed by atoms with E-state index in [1.807, 2.05) is 0 Å². The fraction of sp³-hybridized carbons (Fsp3) is 0.778. The summed E-state index contributed by atoms with van der Waals surface area (Å²) in [6, 6.07) is 0.199. The number of hydrogen-bond donors (Lipinski definition) is 3. The van der Waals surface area contributed by atoms with Crippen molar-refractivity contribution in [2.24, 2.45) is 5.73 Å². The second kappa shape index (κ2) is 4.95. The molecule has 0 aromatic rings. The van der Waals surface area contributed by atoms with E-state index in [0.717, 1.165) is 25.7 Å². The summed E-state index contributed by atoms with van der Waals surface area (Å²) in [5.41, 5.74) is 7.99. The first-order chi connectivity index (χ1) is 6.66. The molecule has 0 unspecified atom stereocenters. The van der Waals surface area contributed by atoms with E-state index in [1.54, 1.807) is 7.05 Å². The predicted octanol–water partition coefficient (Wildman–Crippen LogP) is 0.218. The third-order valence-electron chi connectivity index (χ3n) is 2.63. The summed E-state index contributed by atoms with van der Waals surface area (Å²) in [6.45, 7) is 0. The average molecular weight is 198 g/mol. The van der Waals surface area contributed by atoms with Crippen LogP contribution < -0.4 is 11.2 Å². The van der Waals surface area contributed by atoms with Crippen molar-refractivity contribution in [3.63, 3.8) is 0 Å². The lowest BCUT2D eigenvalue weighted by atomic mass is 9.95. The van der Waals surface area contributed by atoms with Gasteiger partial charge in [0.25, 0.3) is 0 Å². The molecule has 0 heterocycles. The molecule has 0 aromatic heterocycles. The molecule has 80 valence electrons. The molecule has 0 saturated heterocycles. The summed E-state index contributed by atoms with van der Waals surface area (Å²) in [7, 11) is 1.69. The molecule has 1 saturated carbocycles. The van der Waals surface area contributed by atoms with Crippen LogP contribution in [0, 0.1) is 5.41 Å². The zero-order chi connectivity index (χ0) is 10.6. The van der Waals surface area contributed by atoms with Crippen molar-refractivity contribution in [1.29, 1.82) is 5.41 Å². The van der Waals surface area contributed by atoms with Crippen molar-refractivity contribution in [3.05, 3.63) is 0 Å². The third-order valence-corrected chi connectivity index (χ3v) is 2.63. The SMILES string of the molecule is CNN(C(=O)C(=N)N)C1CCCCC1. The number of nitrogens with two attached hydrogens (primary N) is 1. The zero-order valence-corrected chi connectivity index (χ0v) is 8.55. The lowest BCUT2D eigenvalue weighted by Crippen LogP contribution is -2.52. The molecule has 5 heteroatoms. The molecular weight excluding hydrogens is 180 g/mol. The van der Waals surface area contributed by atoms with Crippen LogP contribution >= 0.6 is 0 Å². The largest absolute Gasteiger partial charge is 0.380 e. The van der Waals surface area contributed by atoms with Crippen LogP contribution in [0.1, 0.15) is 32.1 Å². The molecule has 5 nitrogen and oxygen atoms in total. The maximum Gasteiger partial charge on any atom is 0.302 e. The summed E-state index contributed by atoms with van der Waals surface area (Å²) < 4.78 is 0. The molecule has 1 aliphatic rings. The lowest BCUT2D eigenvalue weighted by molar-refractivity contribution is -0.130. The van der Waals surface area contributed by atoms with E-state index in [1.165, 1.54) is 11.4 Å². The molecule has 1 rings (SSSR count). The first kappa shape index (κ1) is 11.0. The lowest BCUT2D eigenvalue weighted by Gasteiger charge is -2.32. The fourth-order valence-corrected chi connectivity index (χ4v) is 1.92. The fourth-order valence-electron chi connectivity index (χ4n) is 1.92. The first-order valence-electron chi connectivity index (χ1n) is 5.01. The van der Waals surface area contributed by atoms with E-state index in [4.69, 9.17) is 11.1 Å². The molecule has 0 aromatic carbocycles. The predicted molar refractivity (Wildman–Crippen MR) is 54.7 cm³/mol. The van der Waals surface area contributed by atoms with Crippen LogP contribution in [0.5, 0.6) is 0 Å². The van der Waals surface area contributed by atoms with Crippen molar-refractivity contribution in [1.82, 2.24) is 10.4 Å². The van der Waals surface area contributed by atoms with Gasteiger partial charge in [-0.15, -0.1) is 0 Å². The summed E-state index contributed by atoms with van der Waals surface area (Å²) in [4.78, 5) is 11.5. The van der Waals surface area contributed by atoms with Crippen molar-refractivity contribution in [3.8, 4) is 0 Å². The second-order valence-corrected chi connectivity index (χ2v) is 3.60. The van der Waals surface area contributed by atoms with Gasteiger partial charge >= 0.3 is 5.91 Å². The summed E-state index contributed by atoms with van der Waals surface area (Å²) in [5, 5.41) is 8.59. The zero-order valence-electron chi connectivity index (χ0n) is 8.55. The highest BCUT2D eigenvalue weighted by atomic mass is 16.2. The van der Waals surface area contributed by atoms with Crippen molar-refractivity contribution in [2.75, 3.05) is 7.05 Å². The number of amidine groups is 1. The van der Waals surface area contributed by atoms with Crippen molar-refractivity contribution >= 4 is 11.7 Å². The number of carbonyl (C=O) groups is 1. The molecule has 0 radical (unpaired) electrons. The standard InChI is InChI=1S/C9H18N4O/c1-12-13(9(14)8(10)11)7-5-3-2-4-6-7/h7,12H,2-6H2,1H3,(H3,10,11). The van der Waals surface area contributed by atoms with E-state index in [0.29, 0.717) is 0 Å². The Hall–Kier alpha value is -1.10. The van der Waals surface area contributed by atoms with Gasteiger partial charge in [-0.1, -0.05) is 19.3 Å². The molecule has 1 amide bonds. The minimum Gasteiger partial charge on any atom is -0.380 e. The van der Waals surface area contributed by atoms with E-state index >= 15 is 0 Å². The number of carbonyl (C=O) groups excluding carboxylic acids is 1. The Bertz CT molecular complexity index is 223. The Morgan fingerprint density at radius 3 is 2.43 bits per heavy atom. The van der Waals surface area contributed by atoms with Gasteiger partial charge in [0.1, 0.15) is 0 Å². The highest BCUT2D eigenvalue weighted by molar-refractivity contribution is 6.35. The Balaban J connectivity index is 2.59. The second-order valence-electron chi connectivity index (χ2n) is 3.60. The number of rotatable bonds is 2. The average Bonchev–Trinajstić information content (AvgIpc) is 2.20. The molecule has 4 N–H and O–H groups in total. The Labute approximate surface area is 84.1 Å². The maximum absolute atomic E-state index is 11.5. The van der Waals surface area contributed by atoms with Gasteiger partial charge in [0, 0.05) is 13.1 Å². The van der Waals surface area contributed by atoms with Gasteiger partial charge in [-0.3, -0.25) is 15.2 Å². The quantitative estimate of drug-likeness (QED) is 0.337. The van der Waals surface area contributed by atoms with Crippen LogP contribution in [-0.4, -0.2) is 29.8 Å². The van der Waals surface area contributed by atoms with Gasteiger partial charge in [-0.25, -0.2) is 5.43 Å². The van der Waals surface area contributed by atoms with Gasteiger partial charge in [-0.2, -0.15) is 0 Å². The summed E-state index contributed by atoms with van der Waals surface area (Å²) in [5.74, 6) is -0.815. The molecule has 0 spiro atoms. The maximum atomic E-state index is 11.5. The van der Waals surface area contributed by atoms with Crippen LogP contribution in [0.4, 0.5) is 0 Å². The monoisotopic (exact) mass is 198 g/mol. The van der Waals surface area contributed by atoms with Crippen molar-refractivity contribution < 1.29 is 4.79 Å². The molecule has 14 heavy (non-hydrogen) atoms. The summed E-state index contributed by atoms with van der Waals surface area (Å²) >= 11 is 0. The van der Waals surface area contributed by atoms with Crippen molar-refractivity contribution in [2.45, 2.75) is 38.1 Å². The molecule has 0 bridgehead atoms. The van der Waals surface area contributed by atoms with Crippen LogP contribution in [0.2, 0.25) is 0 Å². The van der Waals surface area contributed by atoms with Gasteiger partial charge < -0.3 is 5.73 Å². The number of hydrogen-bond acceptors (Lipinski definition) is 3. The van der Waals surface area contributed by atoms with E-state index in [9.17, 15) is 4.79 Å². The molecule has 1 fully saturated rings. The Morgan fingerprint density at radius 2 is 2.00 bits per heavy atom. The van der Waals surface area contributed by atoms with Crippen LogP contribution in [0.3, 0.4) is 0 Å². The number of hydrazine groups is 1. The smallest absolute Gasteiger partial charge is 0.302 e. The molecular formula is C9H18N4O. The van der Waals surface area contributed by atoms with E-state index in [-0.39, 0.29) is 6.04 Å². The number of amides is 1. The van der Waals surface area contributed by atoms with E-state index in [2.05, 4.69) is 5.43 Å². The number of nitrogens with zero attached hydrogens (tertiary/aromatic N) is 1. The normalized spacial score (nSPS) is 17.8. The number of nitrogens with one attached hydrogen (secondary N) is 2. The Kier molecular flexibility index (Phi) is 3.88. The third kappa shape index (κ3) is 2.45. The van der Waals surface area contributed by atoms with E-state index < -0.39 is 11.7 Å². The first-order valence-corrected chi connectivity index (χ1v) is 5.01. The molecule has 0 atom stereocenters. The highest BCUT2D eigenvalue weighted by Crippen LogP contribution is 2.21. The van der Waals surface area contributed by atoms with Gasteiger partial charge in [0.15, 0.2) is 5.84 Å². The van der Waals surface area contributed by atoms with Gasteiger partial charge in [0.2, 0.25) is 0 Å². The molecule has 1 aliphatic carbocycles. The highest BCUT2D eigenvalue weighted by Gasteiger charge is 2.25. The molecule has 0 aliphatic heterocycles. The van der Waals surface area contributed by atoms with Crippen LogP contribution in [0.15, 0.2) is 0 Å². The minimum absolute atomic E-state index is 0.199. The minimum atomic E-state index is -0.417. The Morgan fingerprint density at radius 1 is 1.43 bits per heavy atom. The van der Waals surface area contributed by atoms with Crippen LogP contribution in [-0.2, 0) is 4.79 Å². The van der Waals surface area contributed by atoms with Gasteiger partial charge in [-0.05, 0) is 12.8 Å². The topological polar surface area (TPSA) is 82.2 Å².